The summed E-state index contributed by atoms with van der Waals surface area (Å²) >= 11 is 0. The second-order valence-corrected chi connectivity index (χ2v) is 6.05. The average Bonchev–Trinajstić information content (AvgIpc) is 2.59. The van der Waals surface area contributed by atoms with E-state index in [1.54, 1.807) is 7.05 Å². The van der Waals surface area contributed by atoms with Crippen LogP contribution in [0.4, 0.5) is 17.6 Å². The highest BCUT2D eigenvalue weighted by Gasteiger charge is 2.33. The summed E-state index contributed by atoms with van der Waals surface area (Å²) in [4.78, 5) is 6.37. The fourth-order valence-corrected chi connectivity index (χ4v) is 2.88. The molecule has 0 saturated carbocycles. The van der Waals surface area contributed by atoms with Crippen LogP contribution in [0, 0.1) is 5.82 Å². The van der Waals surface area contributed by atoms with Crippen LogP contribution < -0.4 is 10.6 Å². The van der Waals surface area contributed by atoms with Gasteiger partial charge in [-0.25, -0.2) is 4.39 Å². The van der Waals surface area contributed by atoms with Crippen LogP contribution in [0.25, 0.3) is 0 Å². The van der Waals surface area contributed by atoms with Crippen molar-refractivity contribution in [2.24, 2.45) is 4.99 Å². The van der Waals surface area contributed by atoms with E-state index in [1.807, 2.05) is 0 Å². The first-order chi connectivity index (χ1) is 11.9. The first-order valence-electron chi connectivity index (χ1n) is 8.42. The van der Waals surface area contributed by atoms with Gasteiger partial charge in [0.25, 0.3) is 0 Å². The Morgan fingerprint density at radius 2 is 1.88 bits per heavy atom. The molecule has 2 N–H and O–H groups in total. The molecule has 0 unspecified atom stereocenters. The zero-order valence-corrected chi connectivity index (χ0v) is 14.3. The van der Waals surface area contributed by atoms with E-state index in [1.165, 1.54) is 19.3 Å². The van der Waals surface area contributed by atoms with Crippen molar-refractivity contribution in [3.63, 3.8) is 0 Å². The molecule has 8 heteroatoms. The zero-order chi connectivity index (χ0) is 18.3. The molecule has 1 aliphatic rings. The van der Waals surface area contributed by atoms with Gasteiger partial charge in [-0.2, -0.15) is 13.2 Å². The van der Waals surface area contributed by atoms with E-state index >= 15 is 0 Å². The van der Waals surface area contributed by atoms with Crippen molar-refractivity contribution < 1.29 is 17.6 Å². The SMILES string of the molecule is CN=C(NCCN1CCCCC1)NCc1ccc(F)cc1C(F)(F)F. The van der Waals surface area contributed by atoms with Crippen LogP contribution in [0.3, 0.4) is 0 Å². The maximum Gasteiger partial charge on any atom is 0.416 e. The van der Waals surface area contributed by atoms with Gasteiger partial charge in [-0.05, 0) is 43.6 Å². The van der Waals surface area contributed by atoms with E-state index in [0.29, 0.717) is 18.6 Å². The third-order valence-electron chi connectivity index (χ3n) is 4.22. The van der Waals surface area contributed by atoms with Crippen molar-refractivity contribution in [1.29, 1.82) is 0 Å². The molecule has 2 rings (SSSR count). The summed E-state index contributed by atoms with van der Waals surface area (Å²) in [6, 6.07) is 2.69. The average molecular weight is 360 g/mol. The summed E-state index contributed by atoms with van der Waals surface area (Å²) < 4.78 is 52.1. The molecule has 25 heavy (non-hydrogen) atoms. The van der Waals surface area contributed by atoms with Crippen molar-refractivity contribution in [3.8, 4) is 0 Å². The molecule has 1 aliphatic heterocycles. The van der Waals surface area contributed by atoms with E-state index in [2.05, 4.69) is 20.5 Å². The number of nitrogens with zero attached hydrogens (tertiary/aromatic N) is 2. The van der Waals surface area contributed by atoms with E-state index < -0.39 is 17.6 Å². The quantitative estimate of drug-likeness (QED) is 0.482. The smallest absolute Gasteiger partial charge is 0.355 e. The maximum absolute atomic E-state index is 13.1. The number of piperidine rings is 1. The molecular weight excluding hydrogens is 336 g/mol. The van der Waals surface area contributed by atoms with Crippen LogP contribution in [0.5, 0.6) is 0 Å². The third-order valence-corrected chi connectivity index (χ3v) is 4.22. The monoisotopic (exact) mass is 360 g/mol. The van der Waals surface area contributed by atoms with Crippen molar-refractivity contribution >= 4 is 5.96 Å². The summed E-state index contributed by atoms with van der Waals surface area (Å²) in [6.07, 6.45) is -0.911. The zero-order valence-electron chi connectivity index (χ0n) is 14.3. The summed E-state index contributed by atoms with van der Waals surface area (Å²) in [5, 5.41) is 5.95. The summed E-state index contributed by atoms with van der Waals surface area (Å²) in [6.45, 7) is 3.61. The van der Waals surface area contributed by atoms with Gasteiger partial charge in [-0.3, -0.25) is 4.99 Å². The molecule has 0 aliphatic carbocycles. The molecular formula is C17H24F4N4. The maximum atomic E-state index is 13.1. The van der Waals surface area contributed by atoms with Crippen molar-refractivity contribution in [3.05, 3.63) is 35.1 Å². The van der Waals surface area contributed by atoms with E-state index in [0.717, 1.165) is 31.8 Å². The number of rotatable bonds is 5. The van der Waals surface area contributed by atoms with Crippen LogP contribution in [-0.4, -0.2) is 44.1 Å². The Balaban J connectivity index is 1.86. The summed E-state index contributed by atoms with van der Waals surface area (Å²) in [5.74, 6) is -0.477. The van der Waals surface area contributed by atoms with Gasteiger partial charge < -0.3 is 15.5 Å². The lowest BCUT2D eigenvalue weighted by Gasteiger charge is -2.26. The topological polar surface area (TPSA) is 39.7 Å². The van der Waals surface area contributed by atoms with Gasteiger partial charge in [0.1, 0.15) is 5.82 Å². The third kappa shape index (κ3) is 6.19. The van der Waals surface area contributed by atoms with Crippen molar-refractivity contribution in [2.45, 2.75) is 32.0 Å². The Morgan fingerprint density at radius 3 is 2.52 bits per heavy atom. The molecule has 0 amide bonds. The Bertz CT molecular complexity index is 581. The Hall–Kier alpha value is -1.83. The number of halogens is 4. The van der Waals surface area contributed by atoms with Gasteiger partial charge >= 0.3 is 6.18 Å². The highest BCUT2D eigenvalue weighted by molar-refractivity contribution is 5.79. The molecule has 140 valence electrons. The molecule has 4 nitrogen and oxygen atoms in total. The van der Waals surface area contributed by atoms with Crippen LogP contribution in [0.1, 0.15) is 30.4 Å². The van der Waals surface area contributed by atoms with Crippen LogP contribution in [0.15, 0.2) is 23.2 Å². The number of alkyl halides is 3. The molecule has 0 atom stereocenters. The van der Waals surface area contributed by atoms with Gasteiger partial charge in [0.15, 0.2) is 5.96 Å². The van der Waals surface area contributed by atoms with E-state index in [9.17, 15) is 17.6 Å². The number of guanidine groups is 1. The number of hydrogen-bond donors (Lipinski definition) is 2. The first kappa shape index (κ1) is 19.5. The lowest BCUT2D eigenvalue weighted by atomic mass is 10.1. The lowest BCUT2D eigenvalue weighted by molar-refractivity contribution is -0.138. The minimum Gasteiger partial charge on any atom is -0.355 e. The molecule has 1 saturated heterocycles. The second-order valence-electron chi connectivity index (χ2n) is 6.05. The molecule has 1 aromatic rings. The standard InChI is InChI=1S/C17H24F4N4/c1-22-16(23-7-10-25-8-3-2-4-9-25)24-12-13-5-6-14(18)11-15(13)17(19,20)21/h5-6,11H,2-4,7-10,12H2,1H3,(H2,22,23,24). The predicted molar refractivity (Wildman–Crippen MR) is 89.9 cm³/mol. The summed E-state index contributed by atoms with van der Waals surface area (Å²) in [7, 11) is 1.56. The summed E-state index contributed by atoms with van der Waals surface area (Å²) in [5.41, 5.74) is -0.989. The van der Waals surface area contributed by atoms with Crippen LogP contribution >= 0.6 is 0 Å². The molecule has 1 heterocycles. The van der Waals surface area contributed by atoms with Gasteiger partial charge in [-0.15, -0.1) is 0 Å². The molecule has 1 fully saturated rings. The lowest BCUT2D eigenvalue weighted by Crippen LogP contribution is -2.42. The highest BCUT2D eigenvalue weighted by atomic mass is 19.4. The number of hydrogen-bond acceptors (Lipinski definition) is 2. The molecule has 0 bridgehead atoms. The largest absolute Gasteiger partial charge is 0.416 e. The Morgan fingerprint density at radius 1 is 1.16 bits per heavy atom. The first-order valence-corrected chi connectivity index (χ1v) is 8.42. The van der Waals surface area contributed by atoms with Gasteiger partial charge in [-0.1, -0.05) is 12.5 Å². The minimum atomic E-state index is -4.59. The molecule has 0 aromatic heterocycles. The second kappa shape index (κ2) is 9.03. The predicted octanol–water partition coefficient (Wildman–Crippen LogP) is 3.00. The van der Waals surface area contributed by atoms with Gasteiger partial charge in [0.2, 0.25) is 0 Å². The molecule has 0 radical (unpaired) electrons. The van der Waals surface area contributed by atoms with Crippen molar-refractivity contribution in [1.82, 2.24) is 15.5 Å². The highest BCUT2D eigenvalue weighted by Crippen LogP contribution is 2.32. The molecule has 1 aromatic carbocycles. The van der Waals surface area contributed by atoms with E-state index in [-0.39, 0.29) is 12.1 Å². The van der Waals surface area contributed by atoms with Crippen LogP contribution in [-0.2, 0) is 12.7 Å². The number of benzene rings is 1. The van der Waals surface area contributed by atoms with Crippen molar-refractivity contribution in [2.75, 3.05) is 33.2 Å². The Labute approximate surface area is 145 Å². The normalized spacial score (nSPS) is 16.8. The Kier molecular flexibility index (Phi) is 7.04. The molecule has 0 spiro atoms. The fraction of sp³-hybridized carbons (Fsp3) is 0.588. The van der Waals surface area contributed by atoms with Gasteiger partial charge in [0, 0.05) is 26.7 Å². The van der Waals surface area contributed by atoms with Gasteiger partial charge in [0.05, 0.1) is 5.56 Å². The van der Waals surface area contributed by atoms with E-state index in [4.69, 9.17) is 0 Å². The number of likely N-dealkylation sites (tertiary alicyclic amines) is 1. The fourth-order valence-electron chi connectivity index (χ4n) is 2.88. The number of aliphatic imine (C=N–C) groups is 1. The van der Waals surface area contributed by atoms with Crippen LogP contribution in [0.2, 0.25) is 0 Å². The minimum absolute atomic E-state index is 0.0205. The number of nitrogens with one attached hydrogen (secondary N) is 2.